The van der Waals surface area contributed by atoms with Crippen LogP contribution in [-0.4, -0.2) is 99.3 Å². The predicted molar refractivity (Wildman–Crippen MR) is 139 cm³/mol. The molecule has 2 aromatic rings. The van der Waals surface area contributed by atoms with Crippen molar-refractivity contribution >= 4 is 17.8 Å². The lowest BCUT2D eigenvalue weighted by Gasteiger charge is -2.39. The SMILES string of the molecule is CC(N)(CO)C(=O)N1CCN(C(=O)Nc2ccn(-c3ccc(CN4CC(CCN)C4)cc3)c(=O)n2)CC1. The van der Waals surface area contributed by atoms with Crippen molar-refractivity contribution in [1.29, 1.82) is 0 Å². The summed E-state index contributed by atoms with van der Waals surface area (Å²) >= 11 is 0. The Morgan fingerprint density at radius 3 is 2.35 bits per heavy atom. The van der Waals surface area contributed by atoms with E-state index in [9.17, 15) is 19.5 Å². The number of carbonyl (C=O) groups excluding carboxylic acids is 2. The molecule has 0 aliphatic carbocycles. The lowest BCUT2D eigenvalue weighted by atomic mass is 9.96. The molecular weight excluding hydrogens is 476 g/mol. The lowest BCUT2D eigenvalue weighted by molar-refractivity contribution is -0.139. The zero-order valence-electron chi connectivity index (χ0n) is 21.2. The first-order chi connectivity index (χ1) is 17.7. The molecule has 200 valence electrons. The molecule has 1 aromatic carbocycles. The van der Waals surface area contributed by atoms with Gasteiger partial charge in [-0.1, -0.05) is 12.1 Å². The first-order valence-corrected chi connectivity index (χ1v) is 12.6. The highest BCUT2D eigenvalue weighted by Crippen LogP contribution is 2.21. The molecule has 0 radical (unpaired) electrons. The summed E-state index contributed by atoms with van der Waals surface area (Å²) < 4.78 is 1.43. The van der Waals surface area contributed by atoms with Gasteiger partial charge < -0.3 is 26.4 Å². The molecule has 2 aliphatic heterocycles. The Bertz CT molecular complexity index is 1150. The third-order valence-electron chi connectivity index (χ3n) is 6.94. The number of hydrogen-bond donors (Lipinski definition) is 4. The van der Waals surface area contributed by atoms with E-state index in [0.717, 1.165) is 32.6 Å². The van der Waals surface area contributed by atoms with E-state index in [-0.39, 0.29) is 11.7 Å². The number of benzene rings is 1. The maximum Gasteiger partial charge on any atom is 0.354 e. The van der Waals surface area contributed by atoms with Crippen molar-refractivity contribution in [2.75, 3.05) is 57.7 Å². The molecule has 12 nitrogen and oxygen atoms in total. The van der Waals surface area contributed by atoms with Crippen molar-refractivity contribution in [3.63, 3.8) is 0 Å². The van der Waals surface area contributed by atoms with E-state index in [1.54, 1.807) is 17.2 Å². The maximum absolute atomic E-state index is 12.7. The molecular formula is C25H36N8O4. The van der Waals surface area contributed by atoms with Gasteiger partial charge in [0.2, 0.25) is 5.91 Å². The number of aromatic nitrogens is 2. The number of hydrogen-bond acceptors (Lipinski definition) is 8. The van der Waals surface area contributed by atoms with Gasteiger partial charge in [0.15, 0.2) is 0 Å². The number of aliphatic hydroxyl groups excluding tert-OH is 1. The number of nitrogens with two attached hydrogens (primary N) is 2. The van der Waals surface area contributed by atoms with Gasteiger partial charge >= 0.3 is 11.7 Å². The zero-order chi connectivity index (χ0) is 26.6. The number of likely N-dealkylation sites (tertiary alicyclic amines) is 1. The summed E-state index contributed by atoms with van der Waals surface area (Å²) in [7, 11) is 0. The first-order valence-electron chi connectivity index (χ1n) is 12.6. The average molecular weight is 513 g/mol. The Kier molecular flexibility index (Phi) is 8.22. The van der Waals surface area contributed by atoms with Crippen molar-refractivity contribution in [3.05, 3.63) is 52.6 Å². The number of rotatable bonds is 8. The summed E-state index contributed by atoms with van der Waals surface area (Å²) in [5, 5.41) is 12.0. The standard InChI is InChI=1S/C25H36N8O4/c1-25(27,17-34)22(35)31-10-12-32(13-11-31)23(36)28-21-7-9-33(24(37)29-21)20-4-2-18(3-5-20)14-30-15-19(16-30)6-8-26/h2-5,7,9,19,34H,6,8,10-17,26-27H2,1H3,(H,28,29,36,37). The monoisotopic (exact) mass is 512 g/mol. The van der Waals surface area contributed by atoms with E-state index in [0.29, 0.717) is 37.8 Å². The summed E-state index contributed by atoms with van der Waals surface area (Å²) in [6.45, 7) is 5.96. The van der Waals surface area contributed by atoms with Gasteiger partial charge in [0.25, 0.3) is 0 Å². The zero-order valence-corrected chi connectivity index (χ0v) is 21.2. The van der Waals surface area contributed by atoms with E-state index in [2.05, 4.69) is 15.2 Å². The lowest BCUT2D eigenvalue weighted by Crippen LogP contribution is -2.60. The molecule has 2 fully saturated rings. The van der Waals surface area contributed by atoms with Gasteiger partial charge in [0, 0.05) is 52.0 Å². The Hall–Kier alpha value is -3.32. The summed E-state index contributed by atoms with van der Waals surface area (Å²) in [4.78, 5) is 47.2. The van der Waals surface area contributed by atoms with Crippen LogP contribution in [0, 0.1) is 5.92 Å². The topological polar surface area (TPSA) is 163 Å². The van der Waals surface area contributed by atoms with Crippen molar-refractivity contribution < 1.29 is 14.7 Å². The molecule has 0 saturated carbocycles. The summed E-state index contributed by atoms with van der Waals surface area (Å²) in [5.41, 5.74) is 11.5. The second-order valence-electron chi connectivity index (χ2n) is 10.1. The van der Waals surface area contributed by atoms with Crippen LogP contribution in [0.3, 0.4) is 0 Å². The number of nitrogens with zero attached hydrogens (tertiary/aromatic N) is 5. The highest BCUT2D eigenvalue weighted by atomic mass is 16.3. The van der Waals surface area contributed by atoms with E-state index in [4.69, 9.17) is 11.5 Å². The van der Waals surface area contributed by atoms with Crippen LogP contribution >= 0.6 is 0 Å². The Labute approximate surface area is 215 Å². The Balaban J connectivity index is 1.30. The van der Waals surface area contributed by atoms with Crippen molar-refractivity contribution in [3.8, 4) is 5.69 Å². The molecule has 6 N–H and O–H groups in total. The molecule has 2 aliphatic rings. The van der Waals surface area contributed by atoms with Gasteiger partial charge in [-0.25, -0.2) is 9.59 Å². The normalized spacial score (nSPS) is 18.3. The minimum absolute atomic E-state index is 0.154. The molecule has 0 bridgehead atoms. The second-order valence-corrected chi connectivity index (χ2v) is 10.1. The van der Waals surface area contributed by atoms with Crippen LogP contribution in [0.2, 0.25) is 0 Å². The summed E-state index contributed by atoms with van der Waals surface area (Å²) in [5.74, 6) is 0.493. The highest BCUT2D eigenvalue weighted by Gasteiger charge is 2.34. The Morgan fingerprint density at radius 1 is 1.11 bits per heavy atom. The smallest absolute Gasteiger partial charge is 0.354 e. The van der Waals surface area contributed by atoms with Gasteiger partial charge in [0.05, 0.1) is 12.3 Å². The molecule has 4 rings (SSSR count). The van der Waals surface area contributed by atoms with Crippen LogP contribution < -0.4 is 22.5 Å². The van der Waals surface area contributed by atoms with Gasteiger partial charge in [0.1, 0.15) is 11.4 Å². The maximum atomic E-state index is 12.7. The van der Waals surface area contributed by atoms with E-state index >= 15 is 0 Å². The van der Waals surface area contributed by atoms with Crippen LogP contribution in [0.5, 0.6) is 0 Å². The van der Waals surface area contributed by atoms with E-state index in [1.165, 1.54) is 22.0 Å². The second kappa shape index (κ2) is 11.4. The van der Waals surface area contributed by atoms with E-state index in [1.807, 2.05) is 24.3 Å². The summed E-state index contributed by atoms with van der Waals surface area (Å²) in [6, 6.07) is 8.96. The van der Waals surface area contributed by atoms with Gasteiger partial charge in [-0.15, -0.1) is 0 Å². The minimum atomic E-state index is -1.35. The van der Waals surface area contributed by atoms with Gasteiger partial charge in [-0.2, -0.15) is 4.98 Å². The third-order valence-corrected chi connectivity index (χ3v) is 6.94. The average Bonchev–Trinajstić information content (AvgIpc) is 2.87. The van der Waals surface area contributed by atoms with Crippen molar-refractivity contribution in [2.45, 2.75) is 25.4 Å². The molecule has 1 atom stereocenters. The van der Waals surface area contributed by atoms with Crippen LogP contribution in [0.1, 0.15) is 18.9 Å². The molecule has 0 spiro atoms. The van der Waals surface area contributed by atoms with Crippen molar-refractivity contribution in [2.24, 2.45) is 17.4 Å². The third kappa shape index (κ3) is 6.34. The number of piperazine rings is 1. The number of urea groups is 1. The van der Waals surface area contributed by atoms with Crippen LogP contribution in [-0.2, 0) is 11.3 Å². The van der Waals surface area contributed by atoms with Gasteiger partial charge in [-0.3, -0.25) is 19.6 Å². The van der Waals surface area contributed by atoms with Crippen LogP contribution in [0.15, 0.2) is 41.3 Å². The highest BCUT2D eigenvalue weighted by molar-refractivity contribution is 5.89. The van der Waals surface area contributed by atoms with Crippen molar-refractivity contribution in [1.82, 2.24) is 24.3 Å². The Morgan fingerprint density at radius 2 is 1.76 bits per heavy atom. The fraction of sp³-hybridized carbons (Fsp3) is 0.520. The first kappa shape index (κ1) is 26.7. The molecule has 1 unspecified atom stereocenters. The number of carbonyl (C=O) groups is 2. The fourth-order valence-electron chi connectivity index (χ4n) is 4.64. The molecule has 12 heteroatoms. The number of nitrogens with one attached hydrogen (secondary N) is 1. The fourth-order valence-corrected chi connectivity index (χ4v) is 4.64. The largest absolute Gasteiger partial charge is 0.394 e. The number of aliphatic hydroxyl groups is 1. The number of amides is 3. The molecule has 1 aromatic heterocycles. The number of anilines is 1. The quantitative estimate of drug-likeness (QED) is 0.364. The predicted octanol–water partition coefficient (Wildman–Crippen LogP) is -0.601. The minimum Gasteiger partial charge on any atom is -0.394 e. The van der Waals surface area contributed by atoms with E-state index < -0.39 is 23.9 Å². The molecule has 37 heavy (non-hydrogen) atoms. The van der Waals surface area contributed by atoms with Crippen LogP contribution in [0.25, 0.3) is 5.69 Å². The van der Waals surface area contributed by atoms with Gasteiger partial charge in [-0.05, 0) is 49.6 Å². The molecule has 2 saturated heterocycles. The molecule has 3 amide bonds. The summed E-state index contributed by atoms with van der Waals surface area (Å²) in [6.07, 6.45) is 2.65. The van der Waals surface area contributed by atoms with Crippen LogP contribution in [0.4, 0.5) is 10.6 Å². The molecule has 3 heterocycles.